The predicted octanol–water partition coefficient (Wildman–Crippen LogP) is 1.30. The van der Waals surface area contributed by atoms with Gasteiger partial charge in [0.25, 0.3) is 0 Å². The van der Waals surface area contributed by atoms with Crippen molar-refractivity contribution < 1.29 is 4.79 Å². The first kappa shape index (κ1) is 10.0. The maximum atomic E-state index is 12.0. The van der Waals surface area contributed by atoms with Crippen molar-refractivity contribution in [2.45, 2.75) is 13.0 Å². The van der Waals surface area contributed by atoms with Crippen LogP contribution in [-0.2, 0) is 13.0 Å². The lowest BCUT2D eigenvalue weighted by Gasteiger charge is -2.27. The number of carbonyl (C=O) groups is 1. The highest BCUT2D eigenvalue weighted by molar-refractivity contribution is 5.75. The first-order valence-electron chi connectivity index (χ1n) is 5.57. The minimum Gasteiger partial charge on any atom is -0.317 e. The first-order chi connectivity index (χ1) is 8.34. The highest BCUT2D eigenvalue weighted by Gasteiger charge is 2.22. The lowest BCUT2D eigenvalue weighted by Crippen LogP contribution is -2.39. The summed E-state index contributed by atoms with van der Waals surface area (Å²) >= 11 is 0. The van der Waals surface area contributed by atoms with Crippen molar-refractivity contribution in [2.24, 2.45) is 0 Å². The summed E-state index contributed by atoms with van der Waals surface area (Å²) in [5.41, 5.74) is 2.53. The fourth-order valence-electron chi connectivity index (χ4n) is 2.10. The van der Waals surface area contributed by atoms with Crippen LogP contribution in [0.4, 0.5) is 4.79 Å². The van der Waals surface area contributed by atoms with Crippen LogP contribution in [-0.4, -0.2) is 32.5 Å². The van der Waals surface area contributed by atoms with E-state index >= 15 is 0 Å². The molecule has 5 nitrogen and oxygen atoms in total. The number of rotatable bonds is 0. The molecule has 0 aliphatic carbocycles. The molecule has 1 aromatic heterocycles. The fourth-order valence-corrected chi connectivity index (χ4v) is 2.10. The largest absolute Gasteiger partial charge is 0.362 e. The van der Waals surface area contributed by atoms with Gasteiger partial charge >= 0.3 is 6.03 Å². The average molecular weight is 228 g/mol. The Bertz CT molecular complexity index is 535. The van der Waals surface area contributed by atoms with Crippen LogP contribution in [0.5, 0.6) is 0 Å². The molecule has 2 heterocycles. The van der Waals surface area contributed by atoms with Gasteiger partial charge < -0.3 is 4.90 Å². The molecule has 0 radical (unpaired) electrons. The van der Waals surface area contributed by atoms with Gasteiger partial charge in [-0.2, -0.15) is 10.2 Å². The molecule has 0 N–H and O–H groups in total. The van der Waals surface area contributed by atoms with Gasteiger partial charge in [0, 0.05) is 13.1 Å². The second-order valence-electron chi connectivity index (χ2n) is 4.04. The van der Waals surface area contributed by atoms with Crippen LogP contribution in [0.15, 0.2) is 36.7 Å². The van der Waals surface area contributed by atoms with Crippen molar-refractivity contribution in [1.29, 1.82) is 0 Å². The Kier molecular flexibility index (Phi) is 2.36. The van der Waals surface area contributed by atoms with Gasteiger partial charge in [0.1, 0.15) is 0 Å². The van der Waals surface area contributed by atoms with E-state index in [-0.39, 0.29) is 6.03 Å². The molecule has 3 rings (SSSR count). The van der Waals surface area contributed by atoms with E-state index in [1.54, 1.807) is 4.90 Å². The maximum Gasteiger partial charge on any atom is 0.362 e. The van der Waals surface area contributed by atoms with Crippen LogP contribution in [0, 0.1) is 0 Å². The normalized spacial score (nSPS) is 14.5. The SMILES string of the molecule is O=C(N1CCc2ccccc2C1)n1nccn1. The molecular formula is C12H12N4O. The van der Waals surface area contributed by atoms with Crippen LogP contribution in [0.2, 0.25) is 0 Å². The second kappa shape index (κ2) is 4.01. The molecule has 0 saturated heterocycles. The summed E-state index contributed by atoms with van der Waals surface area (Å²) in [4.78, 5) is 14.9. The predicted molar refractivity (Wildman–Crippen MR) is 61.4 cm³/mol. The zero-order chi connectivity index (χ0) is 11.7. The fraction of sp³-hybridized carbons (Fsp3) is 0.250. The van der Waals surface area contributed by atoms with E-state index in [9.17, 15) is 4.79 Å². The summed E-state index contributed by atoms with van der Waals surface area (Å²) in [5.74, 6) is 0. The van der Waals surface area contributed by atoms with Gasteiger partial charge in [0.2, 0.25) is 0 Å². The van der Waals surface area contributed by atoms with Gasteiger partial charge in [0.05, 0.1) is 12.4 Å². The molecular weight excluding hydrogens is 216 g/mol. The van der Waals surface area contributed by atoms with Gasteiger partial charge in [-0.1, -0.05) is 29.1 Å². The van der Waals surface area contributed by atoms with Crippen molar-refractivity contribution in [1.82, 2.24) is 19.9 Å². The molecule has 5 heteroatoms. The van der Waals surface area contributed by atoms with E-state index in [0.717, 1.165) is 17.8 Å². The third-order valence-electron chi connectivity index (χ3n) is 2.99. The molecule has 0 atom stereocenters. The molecule has 1 aliphatic rings. The van der Waals surface area contributed by atoms with Crippen molar-refractivity contribution >= 4 is 6.03 Å². The Morgan fingerprint density at radius 3 is 2.59 bits per heavy atom. The average Bonchev–Trinajstić information content (AvgIpc) is 2.91. The van der Waals surface area contributed by atoms with E-state index in [0.29, 0.717) is 6.54 Å². The maximum absolute atomic E-state index is 12.0. The van der Waals surface area contributed by atoms with Gasteiger partial charge in [-0.05, 0) is 17.5 Å². The van der Waals surface area contributed by atoms with E-state index in [1.807, 2.05) is 12.1 Å². The molecule has 1 aliphatic heterocycles. The summed E-state index contributed by atoms with van der Waals surface area (Å²) in [5, 5.41) is 7.72. The summed E-state index contributed by atoms with van der Waals surface area (Å²) < 4.78 is 0. The van der Waals surface area contributed by atoms with E-state index in [4.69, 9.17) is 0 Å². The Morgan fingerprint density at radius 2 is 1.82 bits per heavy atom. The second-order valence-corrected chi connectivity index (χ2v) is 4.04. The summed E-state index contributed by atoms with van der Waals surface area (Å²) in [6.07, 6.45) is 3.91. The smallest absolute Gasteiger partial charge is 0.317 e. The third kappa shape index (κ3) is 1.80. The Hall–Kier alpha value is -2.17. The molecule has 0 fully saturated rings. The Labute approximate surface area is 98.7 Å². The van der Waals surface area contributed by atoms with Gasteiger partial charge in [-0.25, -0.2) is 4.79 Å². The summed E-state index contributed by atoms with van der Waals surface area (Å²) in [6.45, 7) is 1.36. The minimum absolute atomic E-state index is 0.162. The number of hydrogen-bond acceptors (Lipinski definition) is 3. The van der Waals surface area contributed by atoms with Gasteiger partial charge in [0.15, 0.2) is 0 Å². The van der Waals surface area contributed by atoms with Gasteiger partial charge in [-0.3, -0.25) is 0 Å². The van der Waals surface area contributed by atoms with Crippen LogP contribution >= 0.6 is 0 Å². The minimum atomic E-state index is -0.162. The molecule has 0 saturated carbocycles. The molecule has 1 amide bonds. The molecule has 0 spiro atoms. The number of carbonyl (C=O) groups excluding carboxylic acids is 1. The van der Waals surface area contributed by atoms with Crippen molar-refractivity contribution in [3.05, 3.63) is 47.8 Å². The topological polar surface area (TPSA) is 51.0 Å². The van der Waals surface area contributed by atoms with E-state index in [2.05, 4.69) is 22.3 Å². The molecule has 0 bridgehead atoms. The molecule has 1 aromatic carbocycles. The highest BCUT2D eigenvalue weighted by atomic mass is 16.2. The van der Waals surface area contributed by atoms with Crippen molar-refractivity contribution in [3.8, 4) is 0 Å². The number of benzene rings is 1. The first-order valence-corrected chi connectivity index (χ1v) is 5.57. The molecule has 17 heavy (non-hydrogen) atoms. The highest BCUT2D eigenvalue weighted by Crippen LogP contribution is 2.18. The Morgan fingerprint density at radius 1 is 1.12 bits per heavy atom. The Balaban J connectivity index is 1.83. The van der Waals surface area contributed by atoms with E-state index < -0.39 is 0 Å². The van der Waals surface area contributed by atoms with Crippen molar-refractivity contribution in [3.63, 3.8) is 0 Å². The van der Waals surface area contributed by atoms with Crippen LogP contribution < -0.4 is 0 Å². The number of fused-ring (bicyclic) bond motifs is 1. The lowest BCUT2D eigenvalue weighted by atomic mass is 10.0. The van der Waals surface area contributed by atoms with E-state index in [1.165, 1.54) is 23.5 Å². The lowest BCUT2D eigenvalue weighted by molar-refractivity contribution is 0.186. The number of aromatic nitrogens is 3. The molecule has 2 aromatic rings. The number of hydrogen-bond donors (Lipinski definition) is 0. The molecule has 86 valence electrons. The number of amides is 1. The zero-order valence-corrected chi connectivity index (χ0v) is 9.28. The summed E-state index contributed by atoms with van der Waals surface area (Å²) in [6, 6.07) is 8.04. The summed E-state index contributed by atoms with van der Waals surface area (Å²) in [7, 11) is 0. The monoisotopic (exact) mass is 228 g/mol. The molecule has 0 unspecified atom stereocenters. The van der Waals surface area contributed by atoms with Crippen LogP contribution in [0.1, 0.15) is 11.1 Å². The zero-order valence-electron chi connectivity index (χ0n) is 9.28. The van der Waals surface area contributed by atoms with Gasteiger partial charge in [-0.15, -0.1) is 0 Å². The van der Waals surface area contributed by atoms with Crippen LogP contribution in [0.3, 0.4) is 0 Å². The van der Waals surface area contributed by atoms with Crippen LogP contribution in [0.25, 0.3) is 0 Å². The number of nitrogens with zero attached hydrogens (tertiary/aromatic N) is 4. The van der Waals surface area contributed by atoms with Crippen molar-refractivity contribution in [2.75, 3.05) is 6.54 Å². The third-order valence-corrected chi connectivity index (χ3v) is 2.99. The standard InChI is InChI=1S/C12H12N4O/c17-12(16-13-6-7-14-16)15-8-5-10-3-1-2-4-11(10)9-15/h1-4,6-7H,5,8-9H2. The quantitative estimate of drug-likeness (QED) is 0.683.